The Morgan fingerprint density at radius 1 is 1.36 bits per heavy atom. The zero-order valence-corrected chi connectivity index (χ0v) is 9.03. The fraction of sp³-hybridized carbons (Fsp3) is 0.909. The normalized spacial score (nSPS) is 32.0. The highest BCUT2D eigenvalue weighted by molar-refractivity contribution is 5.71. The van der Waals surface area contributed by atoms with Gasteiger partial charge in [0, 0.05) is 0 Å². The molecule has 3 nitrogen and oxygen atoms in total. The van der Waals surface area contributed by atoms with Gasteiger partial charge >= 0.3 is 5.97 Å². The summed E-state index contributed by atoms with van der Waals surface area (Å²) in [6, 6.07) is 0. The van der Waals surface area contributed by atoms with Gasteiger partial charge in [-0.05, 0) is 19.3 Å². The van der Waals surface area contributed by atoms with Crippen LogP contribution in [0.2, 0.25) is 0 Å². The van der Waals surface area contributed by atoms with Gasteiger partial charge in [0.1, 0.15) is 0 Å². The second kappa shape index (κ2) is 5.35. The molecule has 0 amide bonds. The fourth-order valence-corrected chi connectivity index (χ4v) is 2.15. The Bertz CT molecular complexity index is 191. The predicted molar refractivity (Wildman–Crippen MR) is 54.2 cm³/mol. The number of rotatable bonds is 5. The van der Waals surface area contributed by atoms with Gasteiger partial charge in [0.2, 0.25) is 0 Å². The Morgan fingerprint density at radius 3 is 2.50 bits per heavy atom. The lowest BCUT2D eigenvalue weighted by atomic mass is 9.95. The molecule has 0 aromatic carbocycles. The first-order valence-electron chi connectivity index (χ1n) is 5.57. The molecule has 1 N–H and O–H groups in total. The Hall–Kier alpha value is -0.570. The summed E-state index contributed by atoms with van der Waals surface area (Å²) in [4.78, 5) is 11.0. The molecular formula is C11H20O3. The number of hydrogen-bond donors (Lipinski definition) is 1. The van der Waals surface area contributed by atoms with Gasteiger partial charge in [-0.1, -0.05) is 26.7 Å². The molecule has 1 rings (SSSR count). The van der Waals surface area contributed by atoms with Crippen molar-refractivity contribution in [3.63, 3.8) is 0 Å². The molecule has 0 aromatic rings. The molecule has 0 aliphatic carbocycles. The van der Waals surface area contributed by atoms with E-state index in [2.05, 4.69) is 13.8 Å². The Labute approximate surface area is 85.5 Å². The van der Waals surface area contributed by atoms with Crippen molar-refractivity contribution in [3.8, 4) is 0 Å². The standard InChI is InChI=1S/C11H20O3/c1-3-5-8-7-9(11(12)13)10(14-8)6-4-2/h8-10H,3-7H2,1-2H3,(H,12,13). The van der Waals surface area contributed by atoms with Crippen molar-refractivity contribution in [1.82, 2.24) is 0 Å². The molecule has 0 bridgehead atoms. The van der Waals surface area contributed by atoms with Crippen LogP contribution in [0.3, 0.4) is 0 Å². The van der Waals surface area contributed by atoms with Crippen molar-refractivity contribution < 1.29 is 14.6 Å². The topological polar surface area (TPSA) is 46.5 Å². The number of hydrogen-bond acceptors (Lipinski definition) is 2. The van der Waals surface area contributed by atoms with Gasteiger partial charge in [0.05, 0.1) is 18.1 Å². The van der Waals surface area contributed by atoms with Crippen LogP contribution in [0, 0.1) is 5.92 Å². The van der Waals surface area contributed by atoms with E-state index in [4.69, 9.17) is 9.84 Å². The van der Waals surface area contributed by atoms with Gasteiger partial charge in [-0.25, -0.2) is 0 Å². The third kappa shape index (κ3) is 2.71. The van der Waals surface area contributed by atoms with E-state index in [1.807, 2.05) is 0 Å². The maximum Gasteiger partial charge on any atom is 0.309 e. The van der Waals surface area contributed by atoms with E-state index in [0.29, 0.717) is 6.42 Å². The first-order valence-corrected chi connectivity index (χ1v) is 5.57. The molecule has 0 saturated carbocycles. The molecule has 1 fully saturated rings. The summed E-state index contributed by atoms with van der Waals surface area (Å²) in [5.41, 5.74) is 0. The van der Waals surface area contributed by atoms with Crippen LogP contribution in [0.1, 0.15) is 46.0 Å². The number of aliphatic carboxylic acids is 1. The number of carboxylic acids is 1. The summed E-state index contributed by atoms with van der Waals surface area (Å²) in [6.07, 6.45) is 4.75. The van der Waals surface area contributed by atoms with Crippen molar-refractivity contribution in [2.75, 3.05) is 0 Å². The lowest BCUT2D eigenvalue weighted by molar-refractivity contribution is -0.143. The maximum absolute atomic E-state index is 11.0. The van der Waals surface area contributed by atoms with Crippen molar-refractivity contribution in [2.24, 2.45) is 5.92 Å². The van der Waals surface area contributed by atoms with Crippen LogP contribution in [0.5, 0.6) is 0 Å². The van der Waals surface area contributed by atoms with E-state index in [-0.39, 0.29) is 18.1 Å². The Morgan fingerprint density at radius 2 is 2.00 bits per heavy atom. The molecule has 0 radical (unpaired) electrons. The quantitative estimate of drug-likeness (QED) is 0.741. The third-order valence-corrected chi connectivity index (χ3v) is 2.83. The minimum absolute atomic E-state index is 0.0472. The highest BCUT2D eigenvalue weighted by Gasteiger charge is 2.38. The highest BCUT2D eigenvalue weighted by Crippen LogP contribution is 2.31. The number of ether oxygens (including phenoxy) is 1. The van der Waals surface area contributed by atoms with Gasteiger partial charge in [0.25, 0.3) is 0 Å². The number of carboxylic acid groups (broad SMARTS) is 1. The zero-order chi connectivity index (χ0) is 10.6. The molecule has 1 heterocycles. The summed E-state index contributed by atoms with van der Waals surface area (Å²) in [6.45, 7) is 4.17. The fourth-order valence-electron chi connectivity index (χ4n) is 2.15. The summed E-state index contributed by atoms with van der Waals surface area (Å²) < 4.78 is 5.74. The number of carbonyl (C=O) groups is 1. The van der Waals surface area contributed by atoms with E-state index >= 15 is 0 Å². The van der Waals surface area contributed by atoms with E-state index in [0.717, 1.165) is 25.7 Å². The first-order chi connectivity index (χ1) is 6.69. The van der Waals surface area contributed by atoms with Crippen LogP contribution in [-0.2, 0) is 9.53 Å². The van der Waals surface area contributed by atoms with Crippen LogP contribution < -0.4 is 0 Å². The molecule has 1 aliphatic rings. The molecule has 14 heavy (non-hydrogen) atoms. The minimum Gasteiger partial charge on any atom is -0.481 e. The molecule has 82 valence electrons. The van der Waals surface area contributed by atoms with Gasteiger partial charge in [-0.15, -0.1) is 0 Å². The average molecular weight is 200 g/mol. The molecule has 1 saturated heterocycles. The van der Waals surface area contributed by atoms with Crippen LogP contribution in [0.25, 0.3) is 0 Å². The lowest BCUT2D eigenvalue weighted by Crippen LogP contribution is -2.23. The Balaban J connectivity index is 2.51. The molecule has 0 aromatic heterocycles. The zero-order valence-electron chi connectivity index (χ0n) is 9.03. The van der Waals surface area contributed by atoms with Crippen molar-refractivity contribution in [1.29, 1.82) is 0 Å². The maximum atomic E-state index is 11.0. The van der Waals surface area contributed by atoms with Crippen molar-refractivity contribution >= 4 is 5.97 Å². The van der Waals surface area contributed by atoms with E-state index < -0.39 is 5.97 Å². The predicted octanol–water partition coefficient (Wildman–Crippen LogP) is 2.44. The third-order valence-electron chi connectivity index (χ3n) is 2.83. The monoisotopic (exact) mass is 200 g/mol. The second-order valence-electron chi connectivity index (χ2n) is 4.05. The SMILES string of the molecule is CCCC1CC(C(=O)O)C(CCC)O1. The lowest BCUT2D eigenvalue weighted by Gasteiger charge is -2.14. The van der Waals surface area contributed by atoms with Gasteiger partial charge in [-0.3, -0.25) is 4.79 Å². The molecular weight excluding hydrogens is 180 g/mol. The van der Waals surface area contributed by atoms with Crippen molar-refractivity contribution in [3.05, 3.63) is 0 Å². The minimum atomic E-state index is -0.693. The first kappa shape index (κ1) is 11.5. The molecule has 1 aliphatic heterocycles. The molecule has 3 unspecified atom stereocenters. The summed E-state index contributed by atoms with van der Waals surface area (Å²) >= 11 is 0. The van der Waals surface area contributed by atoms with E-state index in [1.165, 1.54) is 0 Å². The molecule has 3 atom stereocenters. The van der Waals surface area contributed by atoms with E-state index in [9.17, 15) is 4.79 Å². The summed E-state index contributed by atoms with van der Waals surface area (Å²) in [5, 5.41) is 9.02. The van der Waals surface area contributed by atoms with E-state index in [1.54, 1.807) is 0 Å². The average Bonchev–Trinajstić information content (AvgIpc) is 2.49. The van der Waals surface area contributed by atoms with Crippen LogP contribution >= 0.6 is 0 Å². The summed E-state index contributed by atoms with van der Waals surface area (Å²) in [5.74, 6) is -0.964. The largest absolute Gasteiger partial charge is 0.481 e. The van der Waals surface area contributed by atoms with Crippen LogP contribution in [0.15, 0.2) is 0 Å². The van der Waals surface area contributed by atoms with Gasteiger partial charge < -0.3 is 9.84 Å². The van der Waals surface area contributed by atoms with Gasteiger partial charge in [-0.2, -0.15) is 0 Å². The molecule has 0 spiro atoms. The summed E-state index contributed by atoms with van der Waals surface area (Å²) in [7, 11) is 0. The van der Waals surface area contributed by atoms with Gasteiger partial charge in [0.15, 0.2) is 0 Å². The highest BCUT2D eigenvalue weighted by atomic mass is 16.5. The smallest absolute Gasteiger partial charge is 0.309 e. The van der Waals surface area contributed by atoms with Crippen LogP contribution in [0.4, 0.5) is 0 Å². The van der Waals surface area contributed by atoms with Crippen molar-refractivity contribution in [2.45, 2.75) is 58.2 Å². The second-order valence-corrected chi connectivity index (χ2v) is 4.05. The van der Waals surface area contributed by atoms with Crippen LogP contribution in [-0.4, -0.2) is 23.3 Å². The Kier molecular flexibility index (Phi) is 4.39. The molecule has 3 heteroatoms.